The van der Waals surface area contributed by atoms with Crippen molar-refractivity contribution in [2.75, 3.05) is 5.32 Å². The highest BCUT2D eigenvalue weighted by Gasteiger charge is 2.25. The molecular formula is C11H14N2O2. The van der Waals surface area contributed by atoms with E-state index in [0.29, 0.717) is 18.7 Å². The number of nitrogens with two attached hydrogens (primary N) is 1. The van der Waals surface area contributed by atoms with Crippen LogP contribution in [0.3, 0.4) is 0 Å². The number of amides is 1. The Morgan fingerprint density at radius 1 is 1.53 bits per heavy atom. The molecule has 4 heteroatoms. The molecule has 0 spiro atoms. The van der Waals surface area contributed by atoms with Gasteiger partial charge in [0.05, 0.1) is 5.69 Å². The summed E-state index contributed by atoms with van der Waals surface area (Å²) in [6.07, 6.45) is 0.281. The van der Waals surface area contributed by atoms with Gasteiger partial charge < -0.3 is 15.8 Å². The van der Waals surface area contributed by atoms with Gasteiger partial charge in [-0.2, -0.15) is 0 Å². The van der Waals surface area contributed by atoms with Crippen LogP contribution in [0.5, 0.6) is 5.75 Å². The highest BCUT2D eigenvalue weighted by Crippen LogP contribution is 2.31. The van der Waals surface area contributed by atoms with Gasteiger partial charge in [0.25, 0.3) is 5.91 Å². The lowest BCUT2D eigenvalue weighted by Gasteiger charge is -2.25. The number of hydrogen-bond acceptors (Lipinski definition) is 3. The van der Waals surface area contributed by atoms with Crippen LogP contribution < -0.4 is 15.8 Å². The molecule has 1 aromatic rings. The zero-order chi connectivity index (χ0) is 10.8. The Balaban J connectivity index is 2.33. The Hall–Kier alpha value is -1.55. The van der Waals surface area contributed by atoms with Crippen LogP contribution in [-0.2, 0) is 11.3 Å². The van der Waals surface area contributed by atoms with Crippen LogP contribution in [-0.4, -0.2) is 12.0 Å². The van der Waals surface area contributed by atoms with E-state index < -0.39 is 0 Å². The van der Waals surface area contributed by atoms with Gasteiger partial charge >= 0.3 is 0 Å². The number of rotatable bonds is 2. The van der Waals surface area contributed by atoms with Crippen LogP contribution in [0.2, 0.25) is 0 Å². The van der Waals surface area contributed by atoms with Gasteiger partial charge in [0.1, 0.15) is 5.75 Å². The van der Waals surface area contributed by atoms with Gasteiger partial charge in [-0.05, 0) is 24.1 Å². The fourth-order valence-electron chi connectivity index (χ4n) is 1.58. The van der Waals surface area contributed by atoms with E-state index >= 15 is 0 Å². The summed E-state index contributed by atoms with van der Waals surface area (Å²) in [4.78, 5) is 11.5. The first-order valence-corrected chi connectivity index (χ1v) is 5.05. The van der Waals surface area contributed by atoms with Crippen LogP contribution >= 0.6 is 0 Å². The summed E-state index contributed by atoms with van der Waals surface area (Å²) in [5, 5.41) is 2.81. The predicted molar refractivity (Wildman–Crippen MR) is 57.7 cm³/mol. The Morgan fingerprint density at radius 2 is 2.33 bits per heavy atom. The molecule has 0 fully saturated rings. The first-order chi connectivity index (χ1) is 7.24. The first kappa shape index (κ1) is 9.98. The highest BCUT2D eigenvalue weighted by molar-refractivity contribution is 5.97. The molecular weight excluding hydrogens is 192 g/mol. The molecule has 4 nitrogen and oxygen atoms in total. The summed E-state index contributed by atoms with van der Waals surface area (Å²) < 4.78 is 5.57. The molecule has 0 aliphatic carbocycles. The standard InChI is InChI=1S/C11H14N2O2/c1-2-9-11(14)13-8-4-3-7(6-12)5-10(8)15-9/h3-5,9H,2,6,12H2,1H3,(H,13,14). The van der Waals surface area contributed by atoms with Gasteiger partial charge in [-0.15, -0.1) is 0 Å². The summed E-state index contributed by atoms with van der Waals surface area (Å²) in [5.74, 6) is 0.634. The molecule has 15 heavy (non-hydrogen) atoms. The SMILES string of the molecule is CCC1Oc2cc(CN)ccc2NC1=O. The van der Waals surface area contributed by atoms with E-state index in [1.165, 1.54) is 0 Å². The Bertz CT molecular complexity index is 390. The zero-order valence-corrected chi connectivity index (χ0v) is 8.62. The molecule has 2 rings (SSSR count). The summed E-state index contributed by atoms with van der Waals surface area (Å²) in [6, 6.07) is 5.58. The maximum Gasteiger partial charge on any atom is 0.265 e. The van der Waals surface area contributed by atoms with Crippen molar-refractivity contribution in [3.05, 3.63) is 23.8 Å². The van der Waals surface area contributed by atoms with Crippen LogP contribution in [0.4, 0.5) is 5.69 Å². The van der Waals surface area contributed by atoms with E-state index in [0.717, 1.165) is 11.3 Å². The van der Waals surface area contributed by atoms with Crippen LogP contribution in [0.25, 0.3) is 0 Å². The van der Waals surface area contributed by atoms with E-state index in [2.05, 4.69) is 5.32 Å². The minimum atomic E-state index is -0.384. The van der Waals surface area contributed by atoms with Crippen molar-refractivity contribution in [1.82, 2.24) is 0 Å². The smallest absolute Gasteiger partial charge is 0.265 e. The van der Waals surface area contributed by atoms with E-state index in [-0.39, 0.29) is 12.0 Å². The Morgan fingerprint density at radius 3 is 3.00 bits per heavy atom. The second-order valence-electron chi connectivity index (χ2n) is 3.54. The lowest BCUT2D eigenvalue weighted by atomic mass is 10.1. The number of benzene rings is 1. The van der Waals surface area contributed by atoms with Crippen molar-refractivity contribution in [3.8, 4) is 5.75 Å². The molecule has 80 valence electrons. The van der Waals surface area contributed by atoms with Crippen molar-refractivity contribution in [1.29, 1.82) is 0 Å². The molecule has 3 N–H and O–H groups in total. The quantitative estimate of drug-likeness (QED) is 0.765. The van der Waals surface area contributed by atoms with Crippen LogP contribution in [0, 0.1) is 0 Å². The van der Waals surface area contributed by atoms with Crippen LogP contribution in [0.1, 0.15) is 18.9 Å². The van der Waals surface area contributed by atoms with Gasteiger partial charge in [-0.3, -0.25) is 4.79 Å². The molecule has 1 atom stereocenters. The number of anilines is 1. The number of nitrogens with one attached hydrogen (secondary N) is 1. The van der Waals surface area contributed by atoms with Crippen molar-refractivity contribution < 1.29 is 9.53 Å². The fraction of sp³-hybridized carbons (Fsp3) is 0.364. The second-order valence-corrected chi connectivity index (χ2v) is 3.54. The van der Waals surface area contributed by atoms with E-state index in [9.17, 15) is 4.79 Å². The minimum Gasteiger partial charge on any atom is -0.478 e. The third kappa shape index (κ3) is 1.80. The largest absolute Gasteiger partial charge is 0.478 e. The number of fused-ring (bicyclic) bond motifs is 1. The molecule has 1 unspecified atom stereocenters. The van der Waals surface area contributed by atoms with Crippen molar-refractivity contribution in [2.24, 2.45) is 5.73 Å². The highest BCUT2D eigenvalue weighted by atomic mass is 16.5. The monoisotopic (exact) mass is 206 g/mol. The number of carbonyl (C=O) groups excluding carboxylic acids is 1. The van der Waals surface area contributed by atoms with Gasteiger partial charge in [0, 0.05) is 6.54 Å². The van der Waals surface area contributed by atoms with Gasteiger partial charge in [0.2, 0.25) is 0 Å². The Kier molecular flexibility index (Phi) is 2.60. The Labute approximate surface area is 88.4 Å². The molecule has 0 bridgehead atoms. The van der Waals surface area contributed by atoms with Crippen molar-refractivity contribution >= 4 is 11.6 Å². The van der Waals surface area contributed by atoms with Gasteiger partial charge in [-0.25, -0.2) is 0 Å². The van der Waals surface area contributed by atoms with Gasteiger partial charge in [0.15, 0.2) is 6.10 Å². The minimum absolute atomic E-state index is 0.0782. The molecule has 1 heterocycles. The first-order valence-electron chi connectivity index (χ1n) is 5.05. The summed E-state index contributed by atoms with van der Waals surface area (Å²) in [6.45, 7) is 2.39. The number of ether oxygens (including phenoxy) is 1. The number of carbonyl (C=O) groups is 1. The van der Waals surface area contributed by atoms with Crippen molar-refractivity contribution in [3.63, 3.8) is 0 Å². The lowest BCUT2D eigenvalue weighted by Crippen LogP contribution is -2.36. The average molecular weight is 206 g/mol. The maximum absolute atomic E-state index is 11.5. The molecule has 1 aliphatic rings. The molecule has 0 saturated heterocycles. The van der Waals surface area contributed by atoms with E-state index in [1.54, 1.807) is 0 Å². The van der Waals surface area contributed by atoms with Gasteiger partial charge in [-0.1, -0.05) is 13.0 Å². The van der Waals surface area contributed by atoms with E-state index in [4.69, 9.17) is 10.5 Å². The molecule has 0 saturated carbocycles. The zero-order valence-electron chi connectivity index (χ0n) is 8.62. The predicted octanol–water partition coefficient (Wildman–Crippen LogP) is 1.25. The third-order valence-corrected chi connectivity index (χ3v) is 2.47. The summed E-state index contributed by atoms with van der Waals surface area (Å²) >= 11 is 0. The maximum atomic E-state index is 11.5. The third-order valence-electron chi connectivity index (χ3n) is 2.47. The number of hydrogen-bond donors (Lipinski definition) is 2. The summed E-state index contributed by atoms with van der Waals surface area (Å²) in [5.41, 5.74) is 7.26. The molecule has 0 radical (unpaired) electrons. The normalized spacial score (nSPS) is 19.1. The molecule has 1 amide bonds. The average Bonchev–Trinajstić information content (AvgIpc) is 2.27. The summed E-state index contributed by atoms with van der Waals surface area (Å²) in [7, 11) is 0. The lowest BCUT2D eigenvalue weighted by molar-refractivity contribution is -0.123. The topological polar surface area (TPSA) is 64.3 Å². The molecule has 1 aliphatic heterocycles. The molecule has 0 aromatic heterocycles. The molecule has 1 aromatic carbocycles. The van der Waals surface area contributed by atoms with Crippen LogP contribution in [0.15, 0.2) is 18.2 Å². The second kappa shape index (κ2) is 3.90. The van der Waals surface area contributed by atoms with E-state index in [1.807, 2.05) is 25.1 Å². The van der Waals surface area contributed by atoms with Crippen molar-refractivity contribution in [2.45, 2.75) is 26.0 Å². The fourth-order valence-corrected chi connectivity index (χ4v) is 1.58.